The quantitative estimate of drug-likeness (QED) is 0.829. The summed E-state index contributed by atoms with van der Waals surface area (Å²) >= 11 is 0. The van der Waals surface area contributed by atoms with Crippen LogP contribution in [0.1, 0.15) is 60.3 Å². The lowest BCUT2D eigenvalue weighted by Crippen LogP contribution is -2.58. The van der Waals surface area contributed by atoms with Crippen LogP contribution in [0.3, 0.4) is 0 Å². The lowest BCUT2D eigenvalue weighted by atomic mass is 9.91. The molecule has 2 aliphatic rings. The second-order valence-electron chi connectivity index (χ2n) is 7.84. The minimum atomic E-state index is 0.572. The van der Waals surface area contributed by atoms with E-state index in [4.69, 9.17) is 0 Å². The Morgan fingerprint density at radius 3 is 2.61 bits per heavy atom. The zero-order valence-electron chi connectivity index (χ0n) is 13.0. The van der Waals surface area contributed by atoms with Crippen molar-refractivity contribution in [3.05, 3.63) is 0 Å². The predicted octanol–water partition coefficient (Wildman–Crippen LogP) is 3.27. The molecule has 0 amide bonds. The van der Waals surface area contributed by atoms with E-state index in [2.05, 4.69) is 44.8 Å². The van der Waals surface area contributed by atoms with E-state index in [1.54, 1.807) is 0 Å². The fourth-order valence-corrected chi connectivity index (χ4v) is 3.87. The van der Waals surface area contributed by atoms with Crippen LogP contribution < -0.4 is 5.32 Å². The van der Waals surface area contributed by atoms with Gasteiger partial charge in [-0.1, -0.05) is 27.7 Å². The van der Waals surface area contributed by atoms with Gasteiger partial charge in [-0.2, -0.15) is 0 Å². The maximum absolute atomic E-state index is 3.73. The van der Waals surface area contributed by atoms with Crippen molar-refractivity contribution in [3.8, 4) is 0 Å². The Morgan fingerprint density at radius 1 is 1.33 bits per heavy atom. The summed E-state index contributed by atoms with van der Waals surface area (Å²) < 4.78 is 0. The van der Waals surface area contributed by atoms with Crippen molar-refractivity contribution in [1.29, 1.82) is 0 Å². The van der Waals surface area contributed by atoms with E-state index < -0.39 is 0 Å². The maximum Gasteiger partial charge on any atom is 0.0198 e. The van der Waals surface area contributed by atoms with Gasteiger partial charge in [0, 0.05) is 31.2 Å². The summed E-state index contributed by atoms with van der Waals surface area (Å²) in [4.78, 5) is 2.80. The highest BCUT2D eigenvalue weighted by atomic mass is 15.3. The summed E-state index contributed by atoms with van der Waals surface area (Å²) in [7, 11) is 0. The molecule has 2 nitrogen and oxygen atoms in total. The fraction of sp³-hybridized carbons (Fsp3) is 1.00. The van der Waals surface area contributed by atoms with E-state index in [-0.39, 0.29) is 0 Å². The van der Waals surface area contributed by atoms with Gasteiger partial charge in [0.15, 0.2) is 0 Å². The molecule has 0 radical (unpaired) electrons. The lowest BCUT2D eigenvalue weighted by Gasteiger charge is -2.43. The second kappa shape index (κ2) is 5.50. The number of piperazine rings is 1. The Morgan fingerprint density at radius 2 is 2.06 bits per heavy atom. The maximum atomic E-state index is 3.73. The van der Waals surface area contributed by atoms with Crippen LogP contribution in [-0.2, 0) is 0 Å². The standard InChI is InChI=1S/C16H32N2/c1-12(2)8-14-11-18(13(3)10-17-14)15-6-7-16(4,5)9-15/h12-15,17H,6-11H2,1-5H3. The van der Waals surface area contributed by atoms with Crippen molar-refractivity contribution in [1.82, 2.24) is 10.2 Å². The van der Waals surface area contributed by atoms with E-state index in [9.17, 15) is 0 Å². The molecule has 1 heterocycles. The Labute approximate surface area is 114 Å². The van der Waals surface area contributed by atoms with Crippen molar-refractivity contribution in [2.24, 2.45) is 11.3 Å². The fourth-order valence-electron chi connectivity index (χ4n) is 3.87. The smallest absolute Gasteiger partial charge is 0.0198 e. The first-order valence-electron chi connectivity index (χ1n) is 7.86. The van der Waals surface area contributed by atoms with Gasteiger partial charge in [-0.15, -0.1) is 0 Å². The zero-order chi connectivity index (χ0) is 13.3. The molecule has 1 N–H and O–H groups in total. The molecule has 0 aromatic heterocycles. The predicted molar refractivity (Wildman–Crippen MR) is 78.8 cm³/mol. The first-order chi connectivity index (χ1) is 8.37. The van der Waals surface area contributed by atoms with Crippen LogP contribution in [0.5, 0.6) is 0 Å². The molecular weight excluding hydrogens is 220 g/mol. The summed E-state index contributed by atoms with van der Waals surface area (Å²) in [5.74, 6) is 0.803. The normalized spacial score (nSPS) is 37.3. The first kappa shape index (κ1) is 14.3. The summed E-state index contributed by atoms with van der Waals surface area (Å²) in [5, 5.41) is 3.73. The molecule has 1 saturated carbocycles. The molecule has 3 atom stereocenters. The van der Waals surface area contributed by atoms with E-state index in [1.165, 1.54) is 38.8 Å². The van der Waals surface area contributed by atoms with Crippen LogP contribution >= 0.6 is 0 Å². The minimum Gasteiger partial charge on any atom is -0.311 e. The van der Waals surface area contributed by atoms with Gasteiger partial charge in [0.2, 0.25) is 0 Å². The van der Waals surface area contributed by atoms with Gasteiger partial charge in [-0.25, -0.2) is 0 Å². The molecule has 18 heavy (non-hydrogen) atoms. The Bertz CT molecular complexity index is 272. The second-order valence-corrected chi connectivity index (χ2v) is 7.84. The van der Waals surface area contributed by atoms with Crippen LogP contribution in [0.15, 0.2) is 0 Å². The third-order valence-electron chi connectivity index (χ3n) is 4.87. The lowest BCUT2D eigenvalue weighted by molar-refractivity contribution is 0.0821. The highest BCUT2D eigenvalue weighted by Crippen LogP contribution is 2.40. The van der Waals surface area contributed by atoms with E-state index in [1.807, 2.05) is 0 Å². The topological polar surface area (TPSA) is 15.3 Å². The van der Waals surface area contributed by atoms with Gasteiger partial charge in [0.1, 0.15) is 0 Å². The molecule has 106 valence electrons. The van der Waals surface area contributed by atoms with Gasteiger partial charge in [0.25, 0.3) is 0 Å². The van der Waals surface area contributed by atoms with E-state index in [0.717, 1.165) is 12.0 Å². The van der Waals surface area contributed by atoms with Gasteiger partial charge >= 0.3 is 0 Å². The van der Waals surface area contributed by atoms with E-state index in [0.29, 0.717) is 17.5 Å². The Kier molecular flexibility index (Phi) is 4.38. The molecule has 2 rings (SSSR count). The van der Waals surface area contributed by atoms with E-state index >= 15 is 0 Å². The van der Waals surface area contributed by atoms with Gasteiger partial charge < -0.3 is 5.32 Å². The summed E-state index contributed by atoms with van der Waals surface area (Å²) in [6.45, 7) is 14.4. The van der Waals surface area contributed by atoms with Crippen LogP contribution in [0.4, 0.5) is 0 Å². The van der Waals surface area contributed by atoms with Gasteiger partial charge in [-0.3, -0.25) is 4.90 Å². The molecule has 3 unspecified atom stereocenters. The number of nitrogens with one attached hydrogen (secondary N) is 1. The highest BCUT2D eigenvalue weighted by Gasteiger charge is 2.38. The molecule has 1 saturated heterocycles. The summed E-state index contributed by atoms with van der Waals surface area (Å²) in [6.07, 6.45) is 5.53. The molecule has 0 bridgehead atoms. The Hall–Kier alpha value is -0.0800. The van der Waals surface area contributed by atoms with Crippen molar-refractivity contribution < 1.29 is 0 Å². The molecule has 1 aliphatic heterocycles. The van der Waals surface area contributed by atoms with Crippen molar-refractivity contribution >= 4 is 0 Å². The average Bonchev–Trinajstić information content (AvgIpc) is 2.61. The molecule has 0 aromatic rings. The molecule has 1 aliphatic carbocycles. The molecule has 0 spiro atoms. The number of hydrogen-bond donors (Lipinski definition) is 1. The number of hydrogen-bond acceptors (Lipinski definition) is 2. The average molecular weight is 252 g/mol. The zero-order valence-corrected chi connectivity index (χ0v) is 13.0. The van der Waals surface area contributed by atoms with Crippen LogP contribution in [0, 0.1) is 11.3 Å². The van der Waals surface area contributed by atoms with Crippen LogP contribution in [0.25, 0.3) is 0 Å². The summed E-state index contributed by atoms with van der Waals surface area (Å²) in [6, 6.07) is 2.27. The molecule has 2 heteroatoms. The van der Waals surface area contributed by atoms with Gasteiger partial charge in [-0.05, 0) is 43.9 Å². The third-order valence-corrected chi connectivity index (χ3v) is 4.87. The monoisotopic (exact) mass is 252 g/mol. The summed E-state index contributed by atoms with van der Waals surface area (Å²) in [5.41, 5.74) is 0.572. The van der Waals surface area contributed by atoms with Gasteiger partial charge in [0.05, 0.1) is 0 Å². The first-order valence-corrected chi connectivity index (χ1v) is 7.86. The highest BCUT2D eigenvalue weighted by molar-refractivity contribution is 4.94. The van der Waals surface area contributed by atoms with Crippen LogP contribution in [0.2, 0.25) is 0 Å². The van der Waals surface area contributed by atoms with Crippen LogP contribution in [-0.4, -0.2) is 36.1 Å². The van der Waals surface area contributed by atoms with Crippen molar-refractivity contribution in [2.45, 2.75) is 78.4 Å². The molecule has 0 aromatic carbocycles. The largest absolute Gasteiger partial charge is 0.311 e. The minimum absolute atomic E-state index is 0.572. The SMILES string of the molecule is CC(C)CC1CN(C2CCC(C)(C)C2)C(C)CN1. The number of rotatable bonds is 3. The molecule has 2 fully saturated rings. The van der Waals surface area contributed by atoms with Crippen molar-refractivity contribution in [2.75, 3.05) is 13.1 Å². The third kappa shape index (κ3) is 3.48. The Balaban J connectivity index is 1.93. The molecular formula is C16H32N2. The number of nitrogens with zero attached hydrogens (tertiary/aromatic N) is 1. The van der Waals surface area contributed by atoms with Crippen molar-refractivity contribution in [3.63, 3.8) is 0 Å².